The summed E-state index contributed by atoms with van der Waals surface area (Å²) in [5, 5.41) is 6.18. The Balaban J connectivity index is 1.92. The lowest BCUT2D eigenvalue weighted by Crippen LogP contribution is -2.41. The Bertz CT molecular complexity index is 347. The van der Waals surface area contributed by atoms with Gasteiger partial charge in [0.2, 0.25) is 5.91 Å². The van der Waals surface area contributed by atoms with Crippen LogP contribution in [0, 0.1) is 0 Å². The molecule has 2 atom stereocenters. The fourth-order valence-corrected chi connectivity index (χ4v) is 1.94. The van der Waals surface area contributed by atoms with Crippen molar-refractivity contribution in [2.45, 2.75) is 31.8 Å². The number of nitrogens with one attached hydrogen (secondary N) is 2. The molecule has 0 bridgehead atoms. The third-order valence-corrected chi connectivity index (χ3v) is 2.92. The average molecular weight is 219 g/mol. The summed E-state index contributed by atoms with van der Waals surface area (Å²) in [6, 6.07) is 3.86. The van der Waals surface area contributed by atoms with E-state index in [2.05, 4.69) is 15.6 Å². The van der Waals surface area contributed by atoms with Crippen molar-refractivity contribution in [1.82, 2.24) is 15.6 Å². The molecule has 4 nitrogen and oxygen atoms in total. The lowest BCUT2D eigenvalue weighted by atomic mass is 10.1. The Hall–Kier alpha value is -1.42. The monoisotopic (exact) mass is 219 g/mol. The molecule has 1 saturated heterocycles. The van der Waals surface area contributed by atoms with Gasteiger partial charge in [-0.05, 0) is 37.9 Å². The van der Waals surface area contributed by atoms with Crippen molar-refractivity contribution < 1.29 is 4.79 Å². The predicted octanol–water partition coefficient (Wildman–Crippen LogP) is 1.01. The standard InChI is InChI=1S/C12H17N3O/c1-9(10-4-2-6-13-8-10)15-12(16)11-5-3-7-14-11/h2,4,6,8-9,11,14H,3,5,7H2,1H3,(H,15,16)/t9-,11?/m1/s1. The van der Waals surface area contributed by atoms with Crippen LogP contribution in [0.3, 0.4) is 0 Å². The predicted molar refractivity (Wildman–Crippen MR) is 61.8 cm³/mol. The zero-order valence-electron chi connectivity index (χ0n) is 9.44. The molecule has 2 heterocycles. The van der Waals surface area contributed by atoms with Crippen LogP contribution in [0.5, 0.6) is 0 Å². The molecule has 0 saturated carbocycles. The smallest absolute Gasteiger partial charge is 0.237 e. The van der Waals surface area contributed by atoms with Gasteiger partial charge in [0.25, 0.3) is 0 Å². The molecule has 0 spiro atoms. The number of nitrogens with zero attached hydrogens (tertiary/aromatic N) is 1. The molecule has 2 rings (SSSR count). The maximum Gasteiger partial charge on any atom is 0.237 e. The summed E-state index contributed by atoms with van der Waals surface area (Å²) in [5.74, 6) is 0.0915. The number of pyridine rings is 1. The van der Waals surface area contributed by atoms with Gasteiger partial charge >= 0.3 is 0 Å². The van der Waals surface area contributed by atoms with Crippen LogP contribution in [0.2, 0.25) is 0 Å². The molecule has 1 aromatic rings. The molecule has 1 aliphatic heterocycles. The van der Waals surface area contributed by atoms with Crippen molar-refractivity contribution in [1.29, 1.82) is 0 Å². The molecule has 16 heavy (non-hydrogen) atoms. The van der Waals surface area contributed by atoms with Crippen molar-refractivity contribution in [2.24, 2.45) is 0 Å². The van der Waals surface area contributed by atoms with Crippen LogP contribution in [0.15, 0.2) is 24.5 Å². The lowest BCUT2D eigenvalue weighted by molar-refractivity contribution is -0.123. The highest BCUT2D eigenvalue weighted by Crippen LogP contribution is 2.12. The zero-order chi connectivity index (χ0) is 11.4. The van der Waals surface area contributed by atoms with E-state index in [1.54, 1.807) is 12.4 Å². The Labute approximate surface area is 95.5 Å². The Morgan fingerprint density at radius 2 is 2.56 bits per heavy atom. The number of aromatic nitrogens is 1. The van der Waals surface area contributed by atoms with E-state index in [1.165, 1.54) is 0 Å². The van der Waals surface area contributed by atoms with E-state index in [4.69, 9.17) is 0 Å². The molecule has 0 aliphatic carbocycles. The molecule has 0 radical (unpaired) electrons. The maximum absolute atomic E-state index is 11.8. The van der Waals surface area contributed by atoms with Crippen LogP contribution < -0.4 is 10.6 Å². The van der Waals surface area contributed by atoms with Gasteiger partial charge in [-0.2, -0.15) is 0 Å². The molecule has 1 fully saturated rings. The lowest BCUT2D eigenvalue weighted by Gasteiger charge is -2.17. The van der Waals surface area contributed by atoms with Gasteiger partial charge < -0.3 is 10.6 Å². The second-order valence-electron chi connectivity index (χ2n) is 4.17. The highest BCUT2D eigenvalue weighted by Gasteiger charge is 2.23. The van der Waals surface area contributed by atoms with E-state index in [0.717, 1.165) is 24.9 Å². The maximum atomic E-state index is 11.8. The van der Waals surface area contributed by atoms with Crippen LogP contribution in [0.1, 0.15) is 31.4 Å². The largest absolute Gasteiger partial charge is 0.348 e. The number of carbonyl (C=O) groups is 1. The van der Waals surface area contributed by atoms with E-state index < -0.39 is 0 Å². The quantitative estimate of drug-likeness (QED) is 0.797. The first-order valence-electron chi connectivity index (χ1n) is 5.71. The summed E-state index contributed by atoms with van der Waals surface area (Å²) < 4.78 is 0. The van der Waals surface area contributed by atoms with E-state index in [-0.39, 0.29) is 18.0 Å². The molecule has 4 heteroatoms. The summed E-state index contributed by atoms with van der Waals surface area (Å²) in [6.07, 6.45) is 5.54. The van der Waals surface area contributed by atoms with E-state index >= 15 is 0 Å². The van der Waals surface area contributed by atoms with Crippen LogP contribution >= 0.6 is 0 Å². The first-order valence-corrected chi connectivity index (χ1v) is 5.71. The molecule has 1 aromatic heterocycles. The number of carbonyl (C=O) groups excluding carboxylic acids is 1. The Morgan fingerprint density at radius 1 is 1.69 bits per heavy atom. The molecular weight excluding hydrogens is 202 g/mol. The van der Waals surface area contributed by atoms with Gasteiger partial charge in [-0.1, -0.05) is 6.07 Å². The number of hydrogen-bond donors (Lipinski definition) is 2. The van der Waals surface area contributed by atoms with Crippen molar-refractivity contribution in [3.63, 3.8) is 0 Å². The summed E-state index contributed by atoms with van der Waals surface area (Å²) >= 11 is 0. The first kappa shape index (κ1) is 11.1. The average Bonchev–Trinajstić information content (AvgIpc) is 2.83. The second-order valence-corrected chi connectivity index (χ2v) is 4.17. The molecule has 1 aliphatic rings. The second kappa shape index (κ2) is 5.07. The molecule has 0 aromatic carbocycles. The van der Waals surface area contributed by atoms with E-state index in [1.807, 2.05) is 19.1 Å². The van der Waals surface area contributed by atoms with Crippen molar-refractivity contribution in [3.05, 3.63) is 30.1 Å². The summed E-state index contributed by atoms with van der Waals surface area (Å²) in [5.41, 5.74) is 1.04. The van der Waals surface area contributed by atoms with Crippen molar-refractivity contribution in [2.75, 3.05) is 6.54 Å². The Kier molecular flexibility index (Phi) is 3.51. The van der Waals surface area contributed by atoms with Gasteiger partial charge in [0, 0.05) is 12.4 Å². The third-order valence-electron chi connectivity index (χ3n) is 2.92. The van der Waals surface area contributed by atoms with E-state index in [9.17, 15) is 4.79 Å². The number of hydrogen-bond acceptors (Lipinski definition) is 3. The van der Waals surface area contributed by atoms with Crippen LogP contribution in [-0.4, -0.2) is 23.5 Å². The minimum atomic E-state index is -0.0147. The highest BCUT2D eigenvalue weighted by atomic mass is 16.2. The van der Waals surface area contributed by atoms with Crippen molar-refractivity contribution in [3.8, 4) is 0 Å². The van der Waals surface area contributed by atoms with E-state index in [0.29, 0.717) is 0 Å². The normalized spacial score (nSPS) is 21.7. The number of rotatable bonds is 3. The molecule has 1 amide bonds. The van der Waals surface area contributed by atoms with Gasteiger partial charge in [-0.15, -0.1) is 0 Å². The minimum absolute atomic E-state index is 0.0147. The molecular formula is C12H17N3O. The van der Waals surface area contributed by atoms with Gasteiger partial charge in [0.1, 0.15) is 0 Å². The SMILES string of the molecule is C[C@@H](NC(=O)C1CCCN1)c1cccnc1. The van der Waals surface area contributed by atoms with Crippen LogP contribution in [0.4, 0.5) is 0 Å². The van der Waals surface area contributed by atoms with Crippen LogP contribution in [-0.2, 0) is 4.79 Å². The minimum Gasteiger partial charge on any atom is -0.348 e. The molecule has 86 valence electrons. The number of amides is 1. The van der Waals surface area contributed by atoms with Gasteiger partial charge in [-0.25, -0.2) is 0 Å². The highest BCUT2D eigenvalue weighted by molar-refractivity contribution is 5.82. The van der Waals surface area contributed by atoms with Crippen LogP contribution in [0.25, 0.3) is 0 Å². The third kappa shape index (κ3) is 2.58. The fraction of sp³-hybridized carbons (Fsp3) is 0.500. The Morgan fingerprint density at radius 3 is 3.19 bits per heavy atom. The molecule has 1 unspecified atom stereocenters. The topological polar surface area (TPSA) is 54.0 Å². The van der Waals surface area contributed by atoms with Gasteiger partial charge in [0.05, 0.1) is 12.1 Å². The van der Waals surface area contributed by atoms with Gasteiger partial charge in [0.15, 0.2) is 0 Å². The summed E-state index contributed by atoms with van der Waals surface area (Å²) in [7, 11) is 0. The summed E-state index contributed by atoms with van der Waals surface area (Å²) in [4.78, 5) is 15.9. The van der Waals surface area contributed by atoms with Crippen molar-refractivity contribution >= 4 is 5.91 Å². The van der Waals surface area contributed by atoms with Gasteiger partial charge in [-0.3, -0.25) is 9.78 Å². The zero-order valence-corrected chi connectivity index (χ0v) is 9.44. The first-order chi connectivity index (χ1) is 7.77. The summed E-state index contributed by atoms with van der Waals surface area (Å²) in [6.45, 7) is 2.92. The molecule has 2 N–H and O–H groups in total. The fourth-order valence-electron chi connectivity index (χ4n) is 1.94.